The molecule has 0 radical (unpaired) electrons. The van der Waals surface area contributed by atoms with Crippen LogP contribution in [0.25, 0.3) is 0 Å². The van der Waals surface area contributed by atoms with Crippen molar-refractivity contribution < 1.29 is 9.47 Å². The van der Waals surface area contributed by atoms with Gasteiger partial charge in [-0.25, -0.2) is 0 Å². The number of ether oxygens (including phenoxy) is 2. The van der Waals surface area contributed by atoms with Gasteiger partial charge >= 0.3 is 0 Å². The smallest absolute Gasteiger partial charge is 0.143 e. The Labute approximate surface area is 122 Å². The molecule has 0 aliphatic heterocycles. The highest BCUT2D eigenvalue weighted by Gasteiger charge is 2.09. The van der Waals surface area contributed by atoms with Gasteiger partial charge in [0.2, 0.25) is 0 Å². The van der Waals surface area contributed by atoms with Gasteiger partial charge in [-0.3, -0.25) is 0 Å². The van der Waals surface area contributed by atoms with Crippen molar-refractivity contribution in [3.63, 3.8) is 0 Å². The third-order valence-electron chi connectivity index (χ3n) is 2.78. The zero-order valence-corrected chi connectivity index (χ0v) is 12.5. The number of nitrogens with one attached hydrogen (secondary N) is 1. The molecule has 1 N–H and O–H groups in total. The summed E-state index contributed by atoms with van der Waals surface area (Å²) in [6, 6.07) is 5.74. The van der Waals surface area contributed by atoms with Crippen molar-refractivity contribution in [2.75, 3.05) is 26.1 Å². The van der Waals surface area contributed by atoms with E-state index in [1.54, 1.807) is 31.6 Å². The van der Waals surface area contributed by atoms with E-state index in [0.717, 1.165) is 24.4 Å². The lowest BCUT2D eigenvalue weighted by Crippen LogP contribution is -2.06. The van der Waals surface area contributed by atoms with Crippen LogP contribution in [0.4, 0.5) is 5.69 Å². The third kappa shape index (κ3) is 3.55. The van der Waals surface area contributed by atoms with Gasteiger partial charge in [-0.15, -0.1) is 0 Å². The van der Waals surface area contributed by atoms with Crippen LogP contribution in [0.5, 0.6) is 11.5 Å². The van der Waals surface area contributed by atoms with Crippen molar-refractivity contribution in [2.45, 2.75) is 6.42 Å². The Morgan fingerprint density at radius 1 is 1.21 bits per heavy atom. The molecule has 0 atom stereocenters. The lowest BCUT2D eigenvalue weighted by atomic mass is 10.2. The predicted octanol–water partition coefficient (Wildman–Crippen LogP) is 4.07. The lowest BCUT2D eigenvalue weighted by Gasteiger charge is -2.13. The summed E-state index contributed by atoms with van der Waals surface area (Å²) in [5.74, 6) is 1.36. The Morgan fingerprint density at radius 3 is 2.63 bits per heavy atom. The van der Waals surface area contributed by atoms with Crippen molar-refractivity contribution in [3.8, 4) is 11.5 Å². The molecule has 0 aliphatic rings. The van der Waals surface area contributed by atoms with Crippen LogP contribution in [0.1, 0.15) is 5.56 Å². The second-order valence-corrected chi connectivity index (χ2v) is 5.18. The fourth-order valence-electron chi connectivity index (χ4n) is 1.78. The second-order valence-electron chi connectivity index (χ2n) is 4.00. The van der Waals surface area contributed by atoms with Gasteiger partial charge in [0.1, 0.15) is 11.5 Å². The largest absolute Gasteiger partial charge is 0.495 e. The van der Waals surface area contributed by atoms with Gasteiger partial charge in [-0.2, -0.15) is 11.3 Å². The zero-order chi connectivity index (χ0) is 13.7. The first kappa shape index (κ1) is 14.0. The van der Waals surface area contributed by atoms with E-state index in [9.17, 15) is 0 Å². The van der Waals surface area contributed by atoms with E-state index >= 15 is 0 Å². The van der Waals surface area contributed by atoms with Crippen molar-refractivity contribution >= 4 is 28.6 Å². The fraction of sp³-hybridized carbons (Fsp3) is 0.286. The minimum absolute atomic E-state index is 0.544. The topological polar surface area (TPSA) is 30.5 Å². The molecule has 0 saturated carbocycles. The maximum Gasteiger partial charge on any atom is 0.143 e. The minimum atomic E-state index is 0.544. The average Bonchev–Trinajstić information content (AvgIpc) is 2.93. The molecule has 3 nitrogen and oxygen atoms in total. The number of rotatable bonds is 6. The lowest BCUT2D eigenvalue weighted by molar-refractivity contribution is 0.404. The average molecular weight is 298 g/mol. The maximum atomic E-state index is 6.06. The van der Waals surface area contributed by atoms with E-state index in [1.807, 2.05) is 6.07 Å². The maximum absolute atomic E-state index is 6.06. The molecule has 5 heteroatoms. The number of hydrogen-bond donors (Lipinski definition) is 1. The highest BCUT2D eigenvalue weighted by molar-refractivity contribution is 7.07. The van der Waals surface area contributed by atoms with Gasteiger partial charge in [0.05, 0.1) is 24.9 Å². The van der Waals surface area contributed by atoms with E-state index in [0.29, 0.717) is 10.8 Å². The van der Waals surface area contributed by atoms with Crippen LogP contribution >= 0.6 is 22.9 Å². The molecule has 0 unspecified atom stereocenters. The highest BCUT2D eigenvalue weighted by atomic mass is 35.5. The minimum Gasteiger partial charge on any atom is -0.495 e. The summed E-state index contributed by atoms with van der Waals surface area (Å²) < 4.78 is 10.5. The predicted molar refractivity (Wildman–Crippen MR) is 81.1 cm³/mol. The first-order chi connectivity index (χ1) is 9.24. The molecular formula is C14H16ClNO2S. The molecule has 1 heterocycles. The summed E-state index contributed by atoms with van der Waals surface area (Å²) >= 11 is 7.78. The molecule has 0 saturated heterocycles. The van der Waals surface area contributed by atoms with Crippen LogP contribution in [0.2, 0.25) is 5.02 Å². The molecule has 2 rings (SSSR count). The molecule has 2 aromatic rings. The van der Waals surface area contributed by atoms with Gasteiger partial charge in [-0.1, -0.05) is 11.6 Å². The summed E-state index contributed by atoms with van der Waals surface area (Å²) in [6.07, 6.45) is 0.970. The molecule has 0 fully saturated rings. The quantitative estimate of drug-likeness (QED) is 0.872. The van der Waals surface area contributed by atoms with Gasteiger partial charge in [0.25, 0.3) is 0 Å². The summed E-state index contributed by atoms with van der Waals surface area (Å²) in [6.45, 7) is 0.831. The number of thiophene rings is 1. The first-order valence-corrected chi connectivity index (χ1v) is 7.23. The van der Waals surface area contributed by atoms with Crippen LogP contribution < -0.4 is 14.8 Å². The van der Waals surface area contributed by atoms with Gasteiger partial charge in [-0.05, 0) is 28.8 Å². The Morgan fingerprint density at radius 2 is 2.00 bits per heavy atom. The summed E-state index contributed by atoms with van der Waals surface area (Å²) in [4.78, 5) is 0. The number of benzene rings is 1. The molecule has 0 aliphatic carbocycles. The van der Waals surface area contributed by atoms with E-state index < -0.39 is 0 Å². The van der Waals surface area contributed by atoms with Gasteiger partial charge < -0.3 is 14.8 Å². The standard InChI is InChI=1S/C14H16ClNO2S/c1-17-13-8-12(14(18-2)7-11(13)15)16-5-3-10-4-6-19-9-10/h4,6-9,16H,3,5H2,1-2H3. The van der Waals surface area contributed by atoms with Crippen molar-refractivity contribution in [1.29, 1.82) is 0 Å². The van der Waals surface area contributed by atoms with E-state index in [-0.39, 0.29) is 0 Å². The van der Waals surface area contributed by atoms with E-state index in [1.165, 1.54) is 5.56 Å². The normalized spacial score (nSPS) is 10.3. The second kappa shape index (κ2) is 6.68. The molecule has 0 spiro atoms. The number of methoxy groups -OCH3 is 2. The Bertz CT molecular complexity index is 528. The van der Waals surface area contributed by atoms with Crippen LogP contribution in [0.3, 0.4) is 0 Å². The fourth-order valence-corrected chi connectivity index (χ4v) is 2.71. The molecule has 19 heavy (non-hydrogen) atoms. The van der Waals surface area contributed by atoms with Crippen LogP contribution in [0, 0.1) is 0 Å². The van der Waals surface area contributed by atoms with Crippen LogP contribution in [0.15, 0.2) is 29.0 Å². The van der Waals surface area contributed by atoms with Gasteiger partial charge in [0.15, 0.2) is 0 Å². The monoisotopic (exact) mass is 297 g/mol. The zero-order valence-electron chi connectivity index (χ0n) is 10.9. The van der Waals surface area contributed by atoms with Crippen LogP contribution in [-0.2, 0) is 6.42 Å². The Kier molecular flexibility index (Phi) is 4.93. The Balaban J connectivity index is 2.05. The molecule has 102 valence electrons. The summed E-state index contributed by atoms with van der Waals surface area (Å²) in [7, 11) is 3.23. The molecule has 1 aromatic heterocycles. The van der Waals surface area contributed by atoms with Crippen molar-refractivity contribution in [2.24, 2.45) is 0 Å². The molecule has 0 amide bonds. The van der Waals surface area contributed by atoms with Crippen molar-refractivity contribution in [3.05, 3.63) is 39.5 Å². The molecule has 1 aromatic carbocycles. The third-order valence-corrected chi connectivity index (χ3v) is 3.81. The summed E-state index contributed by atoms with van der Waals surface area (Å²) in [5.41, 5.74) is 2.22. The van der Waals surface area contributed by atoms with Crippen molar-refractivity contribution in [1.82, 2.24) is 0 Å². The first-order valence-electron chi connectivity index (χ1n) is 5.91. The van der Waals surface area contributed by atoms with E-state index in [4.69, 9.17) is 21.1 Å². The highest BCUT2D eigenvalue weighted by Crippen LogP contribution is 2.35. The van der Waals surface area contributed by atoms with E-state index in [2.05, 4.69) is 22.1 Å². The summed E-state index contributed by atoms with van der Waals surface area (Å²) in [5, 5.41) is 8.13. The van der Waals surface area contributed by atoms with Gasteiger partial charge in [0, 0.05) is 18.7 Å². The molecule has 0 bridgehead atoms. The van der Waals surface area contributed by atoms with Crippen LogP contribution in [-0.4, -0.2) is 20.8 Å². The number of anilines is 1. The number of hydrogen-bond acceptors (Lipinski definition) is 4. The Hall–Kier alpha value is -1.39. The SMILES string of the molecule is COc1cc(NCCc2ccsc2)c(OC)cc1Cl. The number of halogens is 1. The molecular weight excluding hydrogens is 282 g/mol.